The Labute approximate surface area is 114 Å². The molecular weight excluding hydrogens is 262 g/mol. The van der Waals surface area contributed by atoms with Gasteiger partial charge in [-0.1, -0.05) is 13.3 Å². The molecule has 1 aromatic rings. The zero-order valence-corrected chi connectivity index (χ0v) is 12.0. The Kier molecular flexibility index (Phi) is 4.23. The number of hydrogen-bond acceptors (Lipinski definition) is 4. The van der Waals surface area contributed by atoms with Crippen molar-refractivity contribution >= 4 is 10.0 Å². The van der Waals surface area contributed by atoms with Crippen molar-refractivity contribution in [3.05, 3.63) is 24.0 Å². The van der Waals surface area contributed by atoms with Crippen LogP contribution in [0.3, 0.4) is 0 Å². The third-order valence-corrected chi connectivity index (χ3v) is 5.61. The number of nitrogens with zero attached hydrogens (tertiary/aromatic N) is 1. The maximum absolute atomic E-state index is 12.3. The fourth-order valence-corrected chi connectivity index (χ4v) is 3.83. The Hall–Kier alpha value is -0.980. The predicted octanol–water partition coefficient (Wildman–Crippen LogP) is 1.40. The fraction of sp³-hybridized carbons (Fsp3) is 0.615. The van der Waals surface area contributed by atoms with E-state index in [4.69, 9.17) is 5.73 Å². The fourth-order valence-electron chi connectivity index (χ4n) is 2.48. The van der Waals surface area contributed by atoms with Gasteiger partial charge in [-0.15, -0.1) is 0 Å². The Morgan fingerprint density at radius 2 is 2.21 bits per heavy atom. The second-order valence-electron chi connectivity index (χ2n) is 5.18. The van der Waals surface area contributed by atoms with Crippen LogP contribution < -0.4 is 10.5 Å². The molecule has 1 heterocycles. The molecule has 0 radical (unpaired) electrons. The molecular formula is C13H21N3O2S. The van der Waals surface area contributed by atoms with E-state index in [0.717, 1.165) is 19.3 Å². The number of hydrogen-bond donors (Lipinski definition) is 2. The third kappa shape index (κ3) is 2.96. The second-order valence-corrected chi connectivity index (χ2v) is 6.92. The Morgan fingerprint density at radius 3 is 2.74 bits per heavy atom. The lowest BCUT2D eigenvalue weighted by Gasteiger charge is -2.41. The van der Waals surface area contributed by atoms with Crippen LogP contribution in [0.5, 0.6) is 0 Å². The van der Waals surface area contributed by atoms with Gasteiger partial charge < -0.3 is 5.73 Å². The van der Waals surface area contributed by atoms with Crippen molar-refractivity contribution in [2.24, 2.45) is 11.1 Å². The summed E-state index contributed by atoms with van der Waals surface area (Å²) in [5, 5.41) is 0. The summed E-state index contributed by atoms with van der Waals surface area (Å²) in [6.07, 6.45) is 5.95. The van der Waals surface area contributed by atoms with Crippen LogP contribution in [-0.2, 0) is 16.6 Å². The Morgan fingerprint density at radius 1 is 1.47 bits per heavy atom. The number of rotatable bonds is 6. The maximum atomic E-state index is 12.3. The van der Waals surface area contributed by atoms with Gasteiger partial charge in [-0.3, -0.25) is 4.98 Å². The monoisotopic (exact) mass is 283 g/mol. The van der Waals surface area contributed by atoms with E-state index < -0.39 is 10.0 Å². The molecule has 2 rings (SSSR count). The quantitative estimate of drug-likeness (QED) is 0.826. The van der Waals surface area contributed by atoms with Gasteiger partial charge in [0.05, 0.1) is 5.69 Å². The molecule has 0 atom stereocenters. The van der Waals surface area contributed by atoms with Crippen molar-refractivity contribution in [1.29, 1.82) is 0 Å². The van der Waals surface area contributed by atoms with Crippen molar-refractivity contribution in [2.45, 2.75) is 44.0 Å². The van der Waals surface area contributed by atoms with Crippen LogP contribution in [0.1, 0.15) is 38.3 Å². The van der Waals surface area contributed by atoms with E-state index in [1.165, 1.54) is 6.42 Å². The molecule has 19 heavy (non-hydrogen) atoms. The van der Waals surface area contributed by atoms with Crippen LogP contribution in [0, 0.1) is 5.41 Å². The molecule has 0 amide bonds. The number of pyridine rings is 1. The molecule has 0 spiro atoms. The minimum absolute atomic E-state index is 0.121. The summed E-state index contributed by atoms with van der Waals surface area (Å²) in [6, 6.07) is 3.17. The number of sulfonamides is 1. The molecule has 1 aromatic heterocycles. The van der Waals surface area contributed by atoms with Crippen LogP contribution in [0.15, 0.2) is 23.2 Å². The average molecular weight is 283 g/mol. The minimum atomic E-state index is -3.52. The largest absolute Gasteiger partial charge is 0.325 e. The molecule has 1 aliphatic rings. The minimum Gasteiger partial charge on any atom is -0.325 e. The lowest BCUT2D eigenvalue weighted by molar-refractivity contribution is 0.133. The van der Waals surface area contributed by atoms with Gasteiger partial charge in [-0.05, 0) is 36.8 Å². The van der Waals surface area contributed by atoms with E-state index in [2.05, 4.69) is 16.6 Å². The van der Waals surface area contributed by atoms with Gasteiger partial charge in [0.25, 0.3) is 0 Å². The second kappa shape index (κ2) is 5.56. The first-order chi connectivity index (χ1) is 9.03. The van der Waals surface area contributed by atoms with Crippen molar-refractivity contribution < 1.29 is 8.42 Å². The van der Waals surface area contributed by atoms with Crippen LogP contribution in [0.2, 0.25) is 0 Å². The molecule has 1 fully saturated rings. The van der Waals surface area contributed by atoms with Gasteiger partial charge in [0.2, 0.25) is 10.0 Å². The highest BCUT2D eigenvalue weighted by atomic mass is 32.2. The highest BCUT2D eigenvalue weighted by molar-refractivity contribution is 7.89. The summed E-state index contributed by atoms with van der Waals surface area (Å²) >= 11 is 0. The Bertz CT molecular complexity index is 533. The number of nitrogens with two attached hydrogens (primary N) is 1. The standard InChI is InChI=1S/C13H21N3O2S/c1-2-13(6-4-7-13)10-16-19(17,18)12-5-3-8-15-11(12)9-14/h3,5,8,16H,2,4,6-7,9-10,14H2,1H3. The van der Waals surface area contributed by atoms with E-state index in [1.807, 2.05) is 0 Å². The van der Waals surface area contributed by atoms with Gasteiger partial charge in [0, 0.05) is 19.3 Å². The molecule has 6 heteroatoms. The van der Waals surface area contributed by atoms with Crippen molar-refractivity contribution in [1.82, 2.24) is 9.71 Å². The number of nitrogens with one attached hydrogen (secondary N) is 1. The number of aromatic nitrogens is 1. The van der Waals surface area contributed by atoms with E-state index in [0.29, 0.717) is 12.2 Å². The topological polar surface area (TPSA) is 85.1 Å². The molecule has 0 bridgehead atoms. The average Bonchev–Trinajstić information content (AvgIpc) is 2.38. The highest BCUT2D eigenvalue weighted by Crippen LogP contribution is 2.43. The van der Waals surface area contributed by atoms with Gasteiger partial charge in [-0.25, -0.2) is 13.1 Å². The summed E-state index contributed by atoms with van der Waals surface area (Å²) in [4.78, 5) is 4.22. The van der Waals surface area contributed by atoms with Crippen LogP contribution in [0.4, 0.5) is 0 Å². The Balaban J connectivity index is 2.14. The summed E-state index contributed by atoms with van der Waals surface area (Å²) in [6.45, 7) is 2.74. The third-order valence-electron chi connectivity index (χ3n) is 4.13. The first-order valence-corrected chi connectivity index (χ1v) is 8.15. The summed E-state index contributed by atoms with van der Waals surface area (Å²) in [5.41, 5.74) is 6.10. The maximum Gasteiger partial charge on any atom is 0.242 e. The van der Waals surface area contributed by atoms with E-state index in [-0.39, 0.29) is 16.9 Å². The molecule has 0 aliphatic heterocycles. The molecule has 3 N–H and O–H groups in total. The zero-order chi connectivity index (χ0) is 13.9. The van der Waals surface area contributed by atoms with Gasteiger partial charge in [-0.2, -0.15) is 0 Å². The molecule has 0 unspecified atom stereocenters. The van der Waals surface area contributed by atoms with Crippen molar-refractivity contribution in [3.8, 4) is 0 Å². The van der Waals surface area contributed by atoms with Crippen LogP contribution in [0.25, 0.3) is 0 Å². The highest BCUT2D eigenvalue weighted by Gasteiger charge is 2.36. The lowest BCUT2D eigenvalue weighted by atomic mass is 9.67. The van der Waals surface area contributed by atoms with Crippen LogP contribution >= 0.6 is 0 Å². The lowest BCUT2D eigenvalue weighted by Crippen LogP contribution is -2.41. The predicted molar refractivity (Wildman–Crippen MR) is 73.9 cm³/mol. The van der Waals surface area contributed by atoms with Crippen molar-refractivity contribution in [2.75, 3.05) is 6.54 Å². The first-order valence-electron chi connectivity index (χ1n) is 6.67. The van der Waals surface area contributed by atoms with E-state index in [9.17, 15) is 8.42 Å². The first kappa shape index (κ1) is 14.4. The molecule has 5 nitrogen and oxygen atoms in total. The summed E-state index contributed by atoms with van der Waals surface area (Å²) in [7, 11) is -3.52. The smallest absolute Gasteiger partial charge is 0.242 e. The SMILES string of the molecule is CCC1(CNS(=O)(=O)c2cccnc2CN)CCC1. The molecule has 1 saturated carbocycles. The molecule has 106 valence electrons. The van der Waals surface area contributed by atoms with Gasteiger partial charge >= 0.3 is 0 Å². The molecule has 1 aliphatic carbocycles. The summed E-state index contributed by atoms with van der Waals surface area (Å²) < 4.78 is 27.3. The van der Waals surface area contributed by atoms with Crippen LogP contribution in [-0.4, -0.2) is 19.9 Å². The zero-order valence-electron chi connectivity index (χ0n) is 11.2. The normalized spacial score (nSPS) is 18.0. The van der Waals surface area contributed by atoms with E-state index in [1.54, 1.807) is 18.3 Å². The molecule has 0 saturated heterocycles. The molecule has 0 aromatic carbocycles. The van der Waals surface area contributed by atoms with Crippen molar-refractivity contribution in [3.63, 3.8) is 0 Å². The van der Waals surface area contributed by atoms with Gasteiger partial charge in [0.15, 0.2) is 0 Å². The van der Waals surface area contributed by atoms with E-state index >= 15 is 0 Å². The summed E-state index contributed by atoms with van der Waals surface area (Å²) in [5.74, 6) is 0. The van der Waals surface area contributed by atoms with Gasteiger partial charge in [0.1, 0.15) is 4.90 Å².